The third-order valence-corrected chi connectivity index (χ3v) is 8.31. The molecule has 0 saturated heterocycles. The molecule has 1 aliphatic rings. The van der Waals surface area contributed by atoms with Crippen LogP contribution in [-0.2, 0) is 12.2 Å². The molecule has 3 rings (SSSR count). The van der Waals surface area contributed by atoms with Crippen molar-refractivity contribution in [1.29, 1.82) is 0 Å². The summed E-state index contributed by atoms with van der Waals surface area (Å²) in [6.07, 6.45) is 0. The topological polar surface area (TPSA) is 3.24 Å². The molecule has 0 bridgehead atoms. The van der Waals surface area contributed by atoms with Gasteiger partial charge in [0.05, 0.1) is 0 Å². The second kappa shape index (κ2) is 8.96. The molecule has 0 aliphatic carbocycles. The van der Waals surface area contributed by atoms with Gasteiger partial charge in [0.25, 0.3) is 0 Å². The summed E-state index contributed by atoms with van der Waals surface area (Å²) in [5, 5.41) is 0. The van der Waals surface area contributed by atoms with Gasteiger partial charge in [0, 0.05) is 17.9 Å². The van der Waals surface area contributed by atoms with Crippen LogP contribution < -0.4 is 18.9 Å². The number of hydrogen-bond acceptors (Lipinski definition) is 2. The Hall–Kier alpha value is -0.743. The first-order valence-corrected chi connectivity index (χ1v) is 11.6. The van der Waals surface area contributed by atoms with Crippen LogP contribution in [0.3, 0.4) is 0 Å². The molecule has 1 unspecified atom stereocenters. The Labute approximate surface area is 176 Å². The average Bonchev–Trinajstić information content (AvgIpc) is 2.94. The van der Waals surface area contributed by atoms with E-state index >= 15 is 0 Å². The van der Waals surface area contributed by atoms with Crippen molar-refractivity contribution in [2.24, 2.45) is 0 Å². The van der Waals surface area contributed by atoms with E-state index in [-0.39, 0.29) is 18.9 Å². The van der Waals surface area contributed by atoms with Crippen LogP contribution in [0.15, 0.2) is 66.5 Å². The van der Waals surface area contributed by atoms with Gasteiger partial charge >= 0.3 is 18.9 Å². The molecule has 0 amide bonds. The Kier molecular flexibility index (Phi) is 7.43. The Bertz CT molecular complexity index is 721. The smallest absolute Gasteiger partial charge is 0.541 e. The zero-order valence-electron chi connectivity index (χ0n) is 16.3. The Morgan fingerprint density at radius 3 is 1.73 bits per heavy atom. The molecule has 0 N–H and O–H groups in total. The molecule has 1 aliphatic heterocycles. The number of hydrogen-bond donors (Lipinski definition) is 0. The molecule has 130 valence electrons. The fourth-order valence-electron chi connectivity index (χ4n) is 3.56. The molecule has 0 spiro atoms. The van der Waals surface area contributed by atoms with Gasteiger partial charge in [0.2, 0.25) is 0 Å². The molecule has 4 heteroatoms. The summed E-state index contributed by atoms with van der Waals surface area (Å²) >= 11 is 6.22. The van der Waals surface area contributed by atoms with Crippen molar-refractivity contribution in [3.05, 3.63) is 83.4 Å². The van der Waals surface area contributed by atoms with Gasteiger partial charge in [-0.2, -0.15) is 4.67 Å². The van der Waals surface area contributed by atoms with E-state index in [9.17, 15) is 0 Å². The molecular formula is C22H25LiNPS. The average molecular weight is 373 g/mol. The SMILES string of the molecule is CC(C)N(C(C)C)[P+]1([S-])[C-]=C(c2ccccc2)C(c2ccccc2)=C1.[Li+]. The summed E-state index contributed by atoms with van der Waals surface area (Å²) in [4.78, 5) is 0. The van der Waals surface area contributed by atoms with Crippen LogP contribution in [0, 0.1) is 5.82 Å². The third-order valence-electron chi connectivity index (χ3n) is 4.39. The van der Waals surface area contributed by atoms with E-state index in [4.69, 9.17) is 12.2 Å². The minimum Gasteiger partial charge on any atom is -0.541 e. The molecule has 0 aromatic heterocycles. The van der Waals surface area contributed by atoms with E-state index in [1.54, 1.807) is 0 Å². The summed E-state index contributed by atoms with van der Waals surface area (Å²) in [5.41, 5.74) is 4.78. The Balaban J connectivity index is 0.00000243. The zero-order chi connectivity index (χ0) is 18.0. The van der Waals surface area contributed by atoms with E-state index in [1.807, 2.05) is 0 Å². The molecule has 1 heterocycles. The van der Waals surface area contributed by atoms with Crippen molar-refractivity contribution in [2.45, 2.75) is 39.8 Å². The second-order valence-electron chi connectivity index (χ2n) is 6.95. The Morgan fingerprint density at radius 2 is 1.27 bits per heavy atom. The molecule has 0 radical (unpaired) electrons. The van der Waals surface area contributed by atoms with Gasteiger partial charge in [-0.25, -0.2) is 0 Å². The molecule has 0 saturated carbocycles. The summed E-state index contributed by atoms with van der Waals surface area (Å²) in [6, 6.07) is 21.9. The van der Waals surface area contributed by atoms with Crippen molar-refractivity contribution in [1.82, 2.24) is 4.67 Å². The minimum absolute atomic E-state index is 0. The Morgan fingerprint density at radius 1 is 0.808 bits per heavy atom. The van der Waals surface area contributed by atoms with Gasteiger partial charge in [0.15, 0.2) is 0 Å². The van der Waals surface area contributed by atoms with Crippen LogP contribution in [0.1, 0.15) is 38.8 Å². The molecule has 26 heavy (non-hydrogen) atoms. The normalized spacial score (nSPS) is 19.5. The van der Waals surface area contributed by atoms with E-state index in [0.717, 1.165) is 5.57 Å². The van der Waals surface area contributed by atoms with Crippen LogP contribution in [0.5, 0.6) is 0 Å². The monoisotopic (exact) mass is 373 g/mol. The maximum absolute atomic E-state index is 6.22. The van der Waals surface area contributed by atoms with Gasteiger partial charge in [-0.15, -0.1) is 23.3 Å². The van der Waals surface area contributed by atoms with Crippen LogP contribution in [0.2, 0.25) is 0 Å². The number of nitrogens with zero attached hydrogens (tertiary/aromatic N) is 1. The zero-order valence-corrected chi connectivity index (χ0v) is 18.0. The molecule has 1 nitrogen and oxygen atoms in total. The summed E-state index contributed by atoms with van der Waals surface area (Å²) in [7, 11) is 0. The van der Waals surface area contributed by atoms with Crippen molar-refractivity contribution < 1.29 is 18.9 Å². The minimum atomic E-state index is -2.02. The summed E-state index contributed by atoms with van der Waals surface area (Å²) < 4.78 is 2.46. The van der Waals surface area contributed by atoms with Crippen LogP contribution >= 0.6 is 6.62 Å². The first kappa shape index (κ1) is 21.6. The van der Waals surface area contributed by atoms with Crippen molar-refractivity contribution in [3.63, 3.8) is 0 Å². The van der Waals surface area contributed by atoms with Gasteiger partial charge in [-0.05, 0) is 40.1 Å². The molecule has 2 aromatic carbocycles. The maximum Gasteiger partial charge on any atom is 1.00 e. The van der Waals surface area contributed by atoms with Gasteiger partial charge in [-0.1, -0.05) is 59.7 Å². The predicted molar refractivity (Wildman–Crippen MR) is 114 cm³/mol. The number of rotatable bonds is 5. The van der Waals surface area contributed by atoms with E-state index in [1.165, 1.54) is 16.7 Å². The summed E-state index contributed by atoms with van der Waals surface area (Å²) in [6.45, 7) is 6.90. The molecule has 0 fully saturated rings. The van der Waals surface area contributed by atoms with Crippen molar-refractivity contribution in [3.8, 4) is 0 Å². The molecular weight excluding hydrogens is 348 g/mol. The van der Waals surface area contributed by atoms with E-state index < -0.39 is 6.62 Å². The largest absolute Gasteiger partial charge is 1.00 e. The first-order valence-electron chi connectivity index (χ1n) is 8.80. The van der Waals surface area contributed by atoms with E-state index in [2.05, 4.69) is 105 Å². The molecule has 1 atom stereocenters. The van der Waals surface area contributed by atoms with Gasteiger partial charge in [0.1, 0.15) is 0 Å². The number of allylic oxidation sites excluding steroid dienone is 2. The van der Waals surface area contributed by atoms with Crippen LogP contribution in [-0.4, -0.2) is 16.8 Å². The van der Waals surface area contributed by atoms with E-state index in [0.29, 0.717) is 12.1 Å². The third kappa shape index (κ3) is 4.39. The fraction of sp³-hybridized carbons (Fsp3) is 0.273. The maximum atomic E-state index is 6.22. The fourth-order valence-corrected chi connectivity index (χ4v) is 8.17. The number of benzene rings is 2. The van der Waals surface area contributed by atoms with Gasteiger partial charge in [-0.3, -0.25) is 0 Å². The standard InChI is InChI=1S/C22H25NPS.Li/c1-17(2)23(18(3)4)24(25)15-21(19-11-7-5-8-12-19)22(16-24)20-13-9-6-10-14-20;/h5-15,17-18H,1-4H3;/q-1;+1. The van der Waals surface area contributed by atoms with Crippen LogP contribution in [0.25, 0.3) is 11.1 Å². The second-order valence-corrected chi connectivity index (χ2v) is 10.8. The first-order chi connectivity index (χ1) is 11.9. The van der Waals surface area contributed by atoms with Crippen LogP contribution in [0.4, 0.5) is 0 Å². The quantitative estimate of drug-likeness (QED) is 0.342. The van der Waals surface area contributed by atoms with Crippen molar-refractivity contribution >= 4 is 30.0 Å². The predicted octanol–water partition coefficient (Wildman–Crippen LogP) is 3.40. The van der Waals surface area contributed by atoms with Gasteiger partial charge < -0.3 is 12.2 Å². The van der Waals surface area contributed by atoms with Crippen molar-refractivity contribution in [2.75, 3.05) is 0 Å². The molecule has 2 aromatic rings. The summed E-state index contributed by atoms with van der Waals surface area (Å²) in [5.74, 6) is 6.09.